The van der Waals surface area contributed by atoms with Gasteiger partial charge >= 0.3 is 6.03 Å². The third-order valence-corrected chi connectivity index (χ3v) is 8.32. The number of rotatable bonds is 5. The Morgan fingerprint density at radius 3 is 1.94 bits per heavy atom. The summed E-state index contributed by atoms with van der Waals surface area (Å²) in [4.78, 5) is 27.3. The van der Waals surface area contributed by atoms with Crippen molar-refractivity contribution in [1.82, 2.24) is 13.8 Å². The van der Waals surface area contributed by atoms with Gasteiger partial charge in [-0.1, -0.05) is 19.3 Å². The van der Waals surface area contributed by atoms with Crippen LogP contribution in [0.5, 0.6) is 0 Å². The molecule has 1 aromatic carbocycles. The summed E-state index contributed by atoms with van der Waals surface area (Å²) in [6.07, 6.45) is 8.60. The van der Waals surface area contributed by atoms with Gasteiger partial charge in [0, 0.05) is 50.8 Å². The van der Waals surface area contributed by atoms with Crippen molar-refractivity contribution in [3.8, 4) is 0 Å². The molecule has 10 heteroatoms. The molecule has 2 N–H and O–H groups in total. The first kappa shape index (κ1) is 24.3. The number of aryl methyl sites for hydroxylation is 1. The number of hydrogen-bond acceptors (Lipinski definition) is 4. The van der Waals surface area contributed by atoms with Crippen molar-refractivity contribution in [2.75, 3.05) is 36.8 Å². The topological polar surface area (TPSA) is 104 Å². The zero-order chi connectivity index (χ0) is 24.1. The summed E-state index contributed by atoms with van der Waals surface area (Å²) >= 11 is 0. The van der Waals surface area contributed by atoms with E-state index in [1.165, 1.54) is 21.1 Å². The minimum absolute atomic E-state index is 0.107. The number of amides is 3. The fourth-order valence-corrected chi connectivity index (χ4v) is 6.05. The molecule has 0 radical (unpaired) electrons. The molecule has 1 aromatic heterocycles. The van der Waals surface area contributed by atoms with E-state index in [4.69, 9.17) is 0 Å². The molecule has 0 atom stereocenters. The number of benzene rings is 1. The Morgan fingerprint density at radius 1 is 0.794 bits per heavy atom. The van der Waals surface area contributed by atoms with Crippen LogP contribution in [0.2, 0.25) is 0 Å². The molecular formula is C24H33N5O4S. The van der Waals surface area contributed by atoms with E-state index in [0.717, 1.165) is 58.0 Å². The molecule has 0 unspecified atom stereocenters. The Labute approximate surface area is 201 Å². The van der Waals surface area contributed by atoms with E-state index in [1.54, 1.807) is 31.3 Å². The first-order chi connectivity index (χ1) is 16.3. The molecule has 2 aliphatic heterocycles. The van der Waals surface area contributed by atoms with E-state index in [0.29, 0.717) is 24.5 Å². The quantitative estimate of drug-likeness (QED) is 0.668. The summed E-state index contributed by atoms with van der Waals surface area (Å²) in [6.45, 7) is 2.57. The number of carbonyl (C=O) groups is 2. The van der Waals surface area contributed by atoms with Gasteiger partial charge in [-0.2, -0.15) is 4.31 Å². The van der Waals surface area contributed by atoms with Gasteiger partial charge in [-0.3, -0.25) is 4.79 Å². The van der Waals surface area contributed by atoms with Crippen molar-refractivity contribution < 1.29 is 18.0 Å². The number of piperidine rings is 1. The van der Waals surface area contributed by atoms with E-state index >= 15 is 0 Å². The molecule has 2 aromatic rings. The Morgan fingerprint density at radius 2 is 1.32 bits per heavy atom. The maximum Gasteiger partial charge on any atom is 0.321 e. The smallest absolute Gasteiger partial charge is 0.321 e. The van der Waals surface area contributed by atoms with Crippen LogP contribution >= 0.6 is 0 Å². The third-order valence-electron chi connectivity index (χ3n) is 6.45. The summed E-state index contributed by atoms with van der Waals surface area (Å²) in [7, 11) is -1.95. The lowest BCUT2D eigenvalue weighted by Gasteiger charge is -2.25. The van der Waals surface area contributed by atoms with Gasteiger partial charge in [0.25, 0.3) is 5.91 Å². The number of nitrogens with zero attached hydrogens (tertiary/aromatic N) is 3. The van der Waals surface area contributed by atoms with Crippen LogP contribution in [0, 0.1) is 0 Å². The maximum atomic E-state index is 12.9. The molecule has 3 amide bonds. The van der Waals surface area contributed by atoms with Crippen LogP contribution < -0.4 is 10.6 Å². The van der Waals surface area contributed by atoms with E-state index < -0.39 is 15.9 Å². The lowest BCUT2D eigenvalue weighted by Crippen LogP contribution is -2.35. The van der Waals surface area contributed by atoms with Gasteiger partial charge in [0.2, 0.25) is 10.0 Å². The number of nitrogens with one attached hydrogen (secondary N) is 2. The van der Waals surface area contributed by atoms with Crippen LogP contribution in [0.15, 0.2) is 41.4 Å². The number of sulfonamides is 1. The van der Waals surface area contributed by atoms with Crippen molar-refractivity contribution >= 4 is 33.3 Å². The van der Waals surface area contributed by atoms with Gasteiger partial charge in [-0.05, 0) is 56.0 Å². The van der Waals surface area contributed by atoms with Crippen LogP contribution in [-0.4, -0.2) is 60.3 Å². The zero-order valence-electron chi connectivity index (χ0n) is 19.6. The van der Waals surface area contributed by atoms with Crippen molar-refractivity contribution in [3.63, 3.8) is 0 Å². The molecule has 0 saturated carbocycles. The lowest BCUT2D eigenvalue weighted by atomic mass is 10.2. The number of aromatic nitrogens is 1. The Kier molecular flexibility index (Phi) is 7.57. The molecule has 9 nitrogen and oxygen atoms in total. The normalized spacial score (nSPS) is 17.7. The van der Waals surface area contributed by atoms with E-state index in [1.807, 2.05) is 4.90 Å². The minimum Gasteiger partial charge on any atom is -0.345 e. The summed E-state index contributed by atoms with van der Waals surface area (Å²) in [5.41, 5.74) is 1.47. The van der Waals surface area contributed by atoms with Gasteiger partial charge in [0.15, 0.2) is 0 Å². The summed E-state index contributed by atoms with van der Waals surface area (Å²) in [6, 6.07) is 8.22. The van der Waals surface area contributed by atoms with Crippen molar-refractivity contribution in [1.29, 1.82) is 0 Å². The molecule has 34 heavy (non-hydrogen) atoms. The number of anilines is 2. The highest BCUT2D eigenvalue weighted by molar-refractivity contribution is 7.89. The van der Waals surface area contributed by atoms with E-state index in [2.05, 4.69) is 10.6 Å². The average molecular weight is 488 g/mol. The van der Waals surface area contributed by atoms with Gasteiger partial charge in [-0.25, -0.2) is 13.2 Å². The highest BCUT2D eigenvalue weighted by Gasteiger charge is 2.28. The highest BCUT2D eigenvalue weighted by atomic mass is 32.2. The minimum atomic E-state index is -3.61. The molecule has 2 saturated heterocycles. The SMILES string of the molecule is Cn1cc(S(=O)(=O)N2CCCCC2)cc1C(=O)Nc1ccc(NC(=O)N2CCCCCC2)cc1. The third kappa shape index (κ3) is 5.61. The molecule has 0 bridgehead atoms. The van der Waals surface area contributed by atoms with E-state index in [9.17, 15) is 18.0 Å². The van der Waals surface area contributed by atoms with Crippen molar-refractivity contribution in [2.45, 2.75) is 49.8 Å². The second kappa shape index (κ2) is 10.6. The standard InChI is InChI=1S/C24H33N5O4S/c1-27-18-21(34(32,33)29-15-7-4-8-16-29)17-22(27)23(30)25-19-9-11-20(12-10-19)26-24(31)28-13-5-2-3-6-14-28/h9-12,17-18H,2-8,13-16H2,1H3,(H,25,30)(H,26,31). The average Bonchev–Trinajstić information content (AvgIpc) is 3.05. The number of carbonyl (C=O) groups excluding carboxylic acids is 2. The predicted molar refractivity (Wildman–Crippen MR) is 131 cm³/mol. The fourth-order valence-electron chi connectivity index (χ4n) is 4.46. The molecule has 0 aliphatic carbocycles. The Balaban J connectivity index is 1.38. The molecule has 3 heterocycles. The number of hydrogen-bond donors (Lipinski definition) is 2. The monoisotopic (exact) mass is 487 g/mol. The van der Waals surface area contributed by atoms with Gasteiger partial charge < -0.3 is 20.1 Å². The first-order valence-electron chi connectivity index (χ1n) is 12.0. The largest absolute Gasteiger partial charge is 0.345 e. The van der Waals surface area contributed by atoms with E-state index in [-0.39, 0.29) is 16.6 Å². The first-order valence-corrected chi connectivity index (χ1v) is 13.4. The van der Waals surface area contributed by atoms with Crippen LogP contribution in [-0.2, 0) is 17.1 Å². The predicted octanol–water partition coefficient (Wildman–Crippen LogP) is 3.86. The lowest BCUT2D eigenvalue weighted by molar-refractivity contribution is 0.101. The van der Waals surface area contributed by atoms with Crippen LogP contribution in [0.1, 0.15) is 55.4 Å². The second-order valence-corrected chi connectivity index (χ2v) is 10.9. The molecule has 184 valence electrons. The molecule has 2 fully saturated rings. The molecule has 4 rings (SSSR count). The summed E-state index contributed by atoms with van der Waals surface area (Å²) < 4.78 is 28.9. The van der Waals surface area contributed by atoms with Crippen LogP contribution in [0.25, 0.3) is 0 Å². The Hall–Kier alpha value is -2.85. The Bertz CT molecular complexity index is 1110. The zero-order valence-corrected chi connectivity index (χ0v) is 20.4. The van der Waals surface area contributed by atoms with Crippen molar-refractivity contribution in [3.05, 3.63) is 42.2 Å². The van der Waals surface area contributed by atoms with Crippen LogP contribution in [0.4, 0.5) is 16.2 Å². The van der Waals surface area contributed by atoms with Crippen molar-refractivity contribution in [2.24, 2.45) is 7.05 Å². The highest BCUT2D eigenvalue weighted by Crippen LogP contribution is 2.23. The second-order valence-electron chi connectivity index (χ2n) is 9.00. The van der Waals surface area contributed by atoms with Crippen LogP contribution in [0.3, 0.4) is 0 Å². The summed E-state index contributed by atoms with van der Waals surface area (Å²) in [5, 5.41) is 5.71. The fraction of sp³-hybridized carbons (Fsp3) is 0.500. The number of likely N-dealkylation sites (tertiary alicyclic amines) is 1. The maximum absolute atomic E-state index is 12.9. The molecular weight excluding hydrogens is 454 g/mol. The van der Waals surface area contributed by atoms with Gasteiger partial charge in [0.1, 0.15) is 10.6 Å². The molecule has 0 spiro atoms. The van der Waals surface area contributed by atoms with Gasteiger partial charge in [0.05, 0.1) is 0 Å². The molecule has 2 aliphatic rings. The summed E-state index contributed by atoms with van der Waals surface area (Å²) in [5.74, 6) is -0.399. The van der Waals surface area contributed by atoms with Gasteiger partial charge in [-0.15, -0.1) is 0 Å². The number of urea groups is 1.